The molecule has 1 aromatic carbocycles. The Morgan fingerprint density at radius 3 is 2.94 bits per heavy atom. The number of carboxylic acid groups (broad SMARTS) is 1. The summed E-state index contributed by atoms with van der Waals surface area (Å²) in [6.45, 7) is 0.495. The SMILES string of the molecule is O=C(O)N1CC(=S)Nc2ccc(Cl)cc2C1. The van der Waals surface area contributed by atoms with Crippen LogP contribution in [0.3, 0.4) is 0 Å². The van der Waals surface area contributed by atoms with Gasteiger partial charge in [-0.1, -0.05) is 23.8 Å². The second kappa shape index (κ2) is 4.27. The van der Waals surface area contributed by atoms with E-state index < -0.39 is 6.09 Å². The Labute approximate surface area is 103 Å². The monoisotopic (exact) mass is 256 g/mol. The lowest BCUT2D eigenvalue weighted by atomic mass is 10.2. The van der Waals surface area contributed by atoms with E-state index in [0.29, 0.717) is 16.6 Å². The van der Waals surface area contributed by atoms with Crippen LogP contribution in [-0.4, -0.2) is 27.6 Å². The Balaban J connectivity index is 2.39. The molecule has 16 heavy (non-hydrogen) atoms. The molecule has 0 saturated heterocycles. The number of nitrogens with one attached hydrogen (secondary N) is 1. The fraction of sp³-hybridized carbons (Fsp3) is 0.200. The molecule has 84 valence electrons. The molecule has 0 aliphatic carbocycles. The van der Waals surface area contributed by atoms with Crippen molar-refractivity contribution in [3.63, 3.8) is 0 Å². The van der Waals surface area contributed by atoms with Crippen molar-refractivity contribution in [3.8, 4) is 0 Å². The summed E-state index contributed by atoms with van der Waals surface area (Å²) in [6, 6.07) is 5.29. The minimum absolute atomic E-state index is 0.205. The van der Waals surface area contributed by atoms with E-state index in [1.54, 1.807) is 18.2 Å². The van der Waals surface area contributed by atoms with Crippen molar-refractivity contribution < 1.29 is 9.90 Å². The normalized spacial score (nSPS) is 15.1. The third kappa shape index (κ3) is 2.25. The van der Waals surface area contributed by atoms with Crippen molar-refractivity contribution in [1.82, 2.24) is 4.90 Å². The van der Waals surface area contributed by atoms with Crippen LogP contribution >= 0.6 is 23.8 Å². The highest BCUT2D eigenvalue weighted by atomic mass is 35.5. The van der Waals surface area contributed by atoms with Gasteiger partial charge in [-0.15, -0.1) is 0 Å². The van der Waals surface area contributed by atoms with Crippen LogP contribution in [0.2, 0.25) is 5.02 Å². The average Bonchev–Trinajstić information content (AvgIpc) is 2.36. The Morgan fingerprint density at radius 2 is 2.25 bits per heavy atom. The number of thiocarbonyl (C=S) groups is 1. The number of fused-ring (bicyclic) bond motifs is 1. The highest BCUT2D eigenvalue weighted by Gasteiger charge is 2.20. The second-order valence-corrected chi connectivity index (χ2v) is 4.42. The van der Waals surface area contributed by atoms with E-state index in [0.717, 1.165) is 11.3 Å². The van der Waals surface area contributed by atoms with Gasteiger partial charge in [-0.05, 0) is 23.8 Å². The molecule has 1 aliphatic heterocycles. The first-order valence-electron chi connectivity index (χ1n) is 4.62. The van der Waals surface area contributed by atoms with E-state index >= 15 is 0 Å². The lowest BCUT2D eigenvalue weighted by Gasteiger charge is -2.15. The van der Waals surface area contributed by atoms with Crippen molar-refractivity contribution in [3.05, 3.63) is 28.8 Å². The predicted octanol–water partition coefficient (Wildman–Crippen LogP) is 2.57. The molecule has 1 heterocycles. The van der Waals surface area contributed by atoms with Gasteiger partial charge >= 0.3 is 6.09 Å². The summed E-state index contributed by atoms with van der Waals surface area (Å²) >= 11 is 10.9. The van der Waals surface area contributed by atoms with E-state index in [1.807, 2.05) is 0 Å². The summed E-state index contributed by atoms with van der Waals surface area (Å²) in [5.74, 6) is 0. The van der Waals surface area contributed by atoms with Crippen LogP contribution in [0.1, 0.15) is 5.56 Å². The van der Waals surface area contributed by atoms with E-state index in [-0.39, 0.29) is 6.54 Å². The molecule has 0 aromatic heterocycles. The third-order valence-electron chi connectivity index (χ3n) is 2.31. The van der Waals surface area contributed by atoms with Crippen molar-refractivity contribution in [2.75, 3.05) is 11.9 Å². The third-order valence-corrected chi connectivity index (χ3v) is 2.77. The van der Waals surface area contributed by atoms with Crippen LogP contribution < -0.4 is 5.32 Å². The number of halogens is 1. The number of hydrogen-bond donors (Lipinski definition) is 2. The molecule has 0 unspecified atom stereocenters. The molecule has 0 spiro atoms. The number of anilines is 1. The van der Waals surface area contributed by atoms with Gasteiger partial charge in [-0.25, -0.2) is 4.79 Å². The molecule has 4 nitrogen and oxygen atoms in total. The van der Waals surface area contributed by atoms with E-state index in [2.05, 4.69) is 5.32 Å². The first-order chi connectivity index (χ1) is 7.56. The Kier molecular flexibility index (Phi) is 2.98. The molecule has 0 atom stereocenters. The van der Waals surface area contributed by atoms with Gasteiger partial charge in [0.05, 0.1) is 18.1 Å². The maximum Gasteiger partial charge on any atom is 0.407 e. The van der Waals surface area contributed by atoms with E-state index in [9.17, 15) is 4.79 Å². The topological polar surface area (TPSA) is 52.6 Å². The minimum Gasteiger partial charge on any atom is -0.465 e. The molecule has 2 rings (SSSR count). The van der Waals surface area contributed by atoms with Gasteiger partial charge in [0.15, 0.2) is 0 Å². The van der Waals surface area contributed by atoms with Crippen molar-refractivity contribution in [2.24, 2.45) is 0 Å². The number of hydrogen-bond acceptors (Lipinski definition) is 2. The summed E-state index contributed by atoms with van der Waals surface area (Å²) in [7, 11) is 0. The Hall–Kier alpha value is -1.33. The second-order valence-electron chi connectivity index (χ2n) is 3.49. The zero-order chi connectivity index (χ0) is 11.7. The maximum atomic E-state index is 11.0. The molecule has 0 fully saturated rings. The fourth-order valence-corrected chi connectivity index (χ4v) is 2.04. The number of nitrogens with zero attached hydrogens (tertiary/aromatic N) is 1. The molecule has 2 N–H and O–H groups in total. The largest absolute Gasteiger partial charge is 0.465 e. The lowest BCUT2D eigenvalue weighted by Crippen LogP contribution is -2.33. The summed E-state index contributed by atoms with van der Waals surface area (Å²) in [6.07, 6.45) is -0.989. The molecule has 1 amide bonds. The molecule has 0 bridgehead atoms. The van der Waals surface area contributed by atoms with E-state index in [4.69, 9.17) is 28.9 Å². The maximum absolute atomic E-state index is 11.0. The van der Waals surface area contributed by atoms with Crippen molar-refractivity contribution in [1.29, 1.82) is 0 Å². The predicted molar refractivity (Wildman–Crippen MR) is 66.1 cm³/mol. The lowest BCUT2D eigenvalue weighted by molar-refractivity contribution is 0.150. The molecule has 1 aromatic rings. The Bertz CT molecular complexity index is 464. The first-order valence-corrected chi connectivity index (χ1v) is 5.41. The molecule has 1 aliphatic rings. The van der Waals surface area contributed by atoms with Gasteiger partial charge in [0.25, 0.3) is 0 Å². The Morgan fingerprint density at radius 1 is 1.50 bits per heavy atom. The minimum atomic E-state index is -0.989. The quantitative estimate of drug-likeness (QED) is 0.701. The van der Waals surface area contributed by atoms with Gasteiger partial charge in [0.2, 0.25) is 0 Å². The van der Waals surface area contributed by atoms with Gasteiger partial charge < -0.3 is 10.4 Å². The van der Waals surface area contributed by atoms with Gasteiger partial charge in [-0.2, -0.15) is 0 Å². The summed E-state index contributed by atoms with van der Waals surface area (Å²) < 4.78 is 0. The zero-order valence-corrected chi connectivity index (χ0v) is 9.81. The van der Waals surface area contributed by atoms with Crippen LogP contribution in [0.4, 0.5) is 10.5 Å². The molecule has 6 heteroatoms. The van der Waals surface area contributed by atoms with Crippen molar-refractivity contribution >= 4 is 40.6 Å². The molecule has 0 saturated carbocycles. The number of benzene rings is 1. The smallest absolute Gasteiger partial charge is 0.407 e. The van der Waals surface area contributed by atoms with Crippen molar-refractivity contribution in [2.45, 2.75) is 6.54 Å². The van der Waals surface area contributed by atoms with Crippen LogP contribution in [0.25, 0.3) is 0 Å². The molecular formula is C10H9ClN2O2S. The van der Waals surface area contributed by atoms with Crippen LogP contribution in [0.15, 0.2) is 18.2 Å². The highest BCUT2D eigenvalue weighted by molar-refractivity contribution is 7.80. The zero-order valence-electron chi connectivity index (χ0n) is 8.24. The van der Waals surface area contributed by atoms with Gasteiger partial charge in [0.1, 0.15) is 0 Å². The number of amides is 1. The number of carbonyl (C=O) groups is 1. The average molecular weight is 257 g/mol. The number of rotatable bonds is 0. The summed E-state index contributed by atoms with van der Waals surface area (Å²) in [5.41, 5.74) is 1.65. The standard InChI is InChI=1S/C10H9ClN2O2S/c11-7-1-2-8-6(3-7)4-13(10(14)15)5-9(16)12-8/h1-3H,4-5H2,(H,12,16)(H,14,15). The van der Waals surface area contributed by atoms with Crippen LogP contribution in [-0.2, 0) is 6.54 Å². The fourth-order valence-electron chi connectivity index (χ4n) is 1.57. The molecular weight excluding hydrogens is 248 g/mol. The highest BCUT2D eigenvalue weighted by Crippen LogP contribution is 2.24. The summed E-state index contributed by atoms with van der Waals surface area (Å²) in [4.78, 5) is 12.7. The van der Waals surface area contributed by atoms with Gasteiger partial charge in [0, 0.05) is 10.7 Å². The van der Waals surface area contributed by atoms with Crippen LogP contribution in [0.5, 0.6) is 0 Å². The molecule has 0 radical (unpaired) electrons. The van der Waals surface area contributed by atoms with Crippen LogP contribution in [0, 0.1) is 0 Å². The van der Waals surface area contributed by atoms with E-state index in [1.165, 1.54) is 4.90 Å². The first kappa shape index (κ1) is 11.2. The summed E-state index contributed by atoms with van der Waals surface area (Å²) in [5, 5.41) is 12.6. The van der Waals surface area contributed by atoms with Gasteiger partial charge in [-0.3, -0.25) is 4.90 Å².